The van der Waals surface area contributed by atoms with Gasteiger partial charge < -0.3 is 20.1 Å². The Morgan fingerprint density at radius 1 is 1.43 bits per heavy atom. The van der Waals surface area contributed by atoms with Crippen LogP contribution in [0.3, 0.4) is 0 Å². The summed E-state index contributed by atoms with van der Waals surface area (Å²) in [6.45, 7) is 3.51. The average molecular weight is 302 g/mol. The Labute approximate surface area is 122 Å². The molecule has 0 fully saturated rings. The molecule has 2 amide bonds. The van der Waals surface area contributed by atoms with Gasteiger partial charge in [-0.3, -0.25) is 0 Å². The topological polar surface area (TPSA) is 61.8 Å². The second-order valence-corrected chi connectivity index (χ2v) is 4.97. The van der Waals surface area contributed by atoms with E-state index in [1.165, 1.54) is 11.0 Å². The van der Waals surface area contributed by atoms with Gasteiger partial charge >= 0.3 is 6.03 Å². The van der Waals surface area contributed by atoms with Crippen LogP contribution in [-0.2, 0) is 0 Å². The summed E-state index contributed by atoms with van der Waals surface area (Å²) < 4.78 is 31.3. The summed E-state index contributed by atoms with van der Waals surface area (Å²) in [5.41, 5.74) is 0. The Balaban J connectivity index is 2.43. The zero-order valence-electron chi connectivity index (χ0n) is 12.3. The second-order valence-electron chi connectivity index (χ2n) is 4.97. The summed E-state index contributed by atoms with van der Waals surface area (Å²) in [6, 6.07) is 2.27. The summed E-state index contributed by atoms with van der Waals surface area (Å²) in [6.07, 6.45) is -0.624. The van der Waals surface area contributed by atoms with Crippen molar-refractivity contribution in [2.24, 2.45) is 0 Å². The van der Waals surface area contributed by atoms with Crippen molar-refractivity contribution in [2.75, 3.05) is 20.2 Å². The van der Waals surface area contributed by atoms with Crippen molar-refractivity contribution in [1.82, 2.24) is 10.2 Å². The van der Waals surface area contributed by atoms with Crippen molar-refractivity contribution < 1.29 is 23.4 Å². The van der Waals surface area contributed by atoms with E-state index in [4.69, 9.17) is 4.74 Å². The number of likely N-dealkylation sites (N-methyl/N-ethyl adjacent to an activating group) is 1. The average Bonchev–Trinajstić information content (AvgIpc) is 2.36. The molecule has 1 aromatic rings. The number of amides is 2. The molecule has 0 aliphatic rings. The lowest BCUT2D eigenvalue weighted by molar-refractivity contribution is 0.140. The Hall–Kier alpha value is -1.89. The third-order valence-corrected chi connectivity index (χ3v) is 2.64. The van der Waals surface area contributed by atoms with Crippen molar-refractivity contribution in [2.45, 2.75) is 26.0 Å². The van der Waals surface area contributed by atoms with Gasteiger partial charge in [-0.25, -0.2) is 13.6 Å². The van der Waals surface area contributed by atoms with Gasteiger partial charge in [0, 0.05) is 19.7 Å². The first-order chi connectivity index (χ1) is 9.79. The molecule has 0 spiro atoms. The smallest absolute Gasteiger partial charge is 0.317 e. The Morgan fingerprint density at radius 3 is 2.67 bits per heavy atom. The summed E-state index contributed by atoms with van der Waals surface area (Å²) in [7, 11) is 1.55. The van der Waals surface area contributed by atoms with Crippen LogP contribution in [0.1, 0.15) is 13.8 Å². The Bertz CT molecular complexity index is 483. The fourth-order valence-electron chi connectivity index (χ4n) is 1.65. The number of carbonyl (C=O) groups excluding carboxylic acids is 1. The maximum atomic E-state index is 13.3. The molecule has 2 N–H and O–H groups in total. The molecule has 0 aliphatic carbocycles. The SMILES string of the molecule is CC(O)CN(C)C(=O)NC(C)COc1ccc(F)cc1F. The highest BCUT2D eigenvalue weighted by Crippen LogP contribution is 2.17. The molecule has 118 valence electrons. The van der Waals surface area contributed by atoms with E-state index >= 15 is 0 Å². The molecule has 0 aliphatic heterocycles. The van der Waals surface area contributed by atoms with Crippen molar-refractivity contribution >= 4 is 6.03 Å². The number of ether oxygens (including phenoxy) is 1. The molecule has 2 atom stereocenters. The van der Waals surface area contributed by atoms with Crippen molar-refractivity contribution in [3.8, 4) is 5.75 Å². The molecule has 0 aromatic heterocycles. The van der Waals surface area contributed by atoms with E-state index in [9.17, 15) is 18.7 Å². The fourth-order valence-corrected chi connectivity index (χ4v) is 1.65. The highest BCUT2D eigenvalue weighted by molar-refractivity contribution is 5.74. The number of rotatable bonds is 6. The maximum Gasteiger partial charge on any atom is 0.317 e. The van der Waals surface area contributed by atoms with E-state index in [2.05, 4.69) is 5.32 Å². The first-order valence-corrected chi connectivity index (χ1v) is 6.57. The van der Waals surface area contributed by atoms with Crippen LogP contribution in [0.5, 0.6) is 5.75 Å². The van der Waals surface area contributed by atoms with Gasteiger partial charge in [-0.15, -0.1) is 0 Å². The zero-order valence-corrected chi connectivity index (χ0v) is 12.3. The van der Waals surface area contributed by atoms with Crippen LogP contribution in [0, 0.1) is 11.6 Å². The number of carbonyl (C=O) groups is 1. The maximum absolute atomic E-state index is 13.3. The predicted octanol–water partition coefficient (Wildman–Crippen LogP) is 1.75. The Kier molecular flexibility index (Phi) is 6.36. The van der Waals surface area contributed by atoms with Gasteiger partial charge in [-0.05, 0) is 26.0 Å². The van der Waals surface area contributed by atoms with Gasteiger partial charge in [0.05, 0.1) is 12.1 Å². The van der Waals surface area contributed by atoms with Crippen LogP contribution in [0.25, 0.3) is 0 Å². The monoisotopic (exact) mass is 302 g/mol. The molecule has 0 bridgehead atoms. The highest BCUT2D eigenvalue weighted by Gasteiger charge is 2.14. The van der Waals surface area contributed by atoms with Gasteiger partial charge in [0.15, 0.2) is 11.6 Å². The molecule has 0 saturated heterocycles. The number of halogens is 2. The standard InChI is InChI=1S/C14H20F2N2O3/c1-9(17-14(20)18(3)7-10(2)19)8-21-13-5-4-11(15)6-12(13)16/h4-6,9-10,19H,7-8H2,1-3H3,(H,17,20). The number of urea groups is 1. The van der Waals surface area contributed by atoms with Crippen LogP contribution in [0.2, 0.25) is 0 Å². The number of aliphatic hydroxyl groups is 1. The van der Waals surface area contributed by atoms with Gasteiger partial charge in [0.1, 0.15) is 12.4 Å². The van der Waals surface area contributed by atoms with E-state index in [1.807, 2.05) is 0 Å². The van der Waals surface area contributed by atoms with Crippen molar-refractivity contribution in [1.29, 1.82) is 0 Å². The lowest BCUT2D eigenvalue weighted by Crippen LogP contribution is -2.46. The van der Waals surface area contributed by atoms with E-state index in [0.717, 1.165) is 12.1 Å². The van der Waals surface area contributed by atoms with Crippen molar-refractivity contribution in [3.63, 3.8) is 0 Å². The molecular weight excluding hydrogens is 282 g/mol. The number of nitrogens with zero attached hydrogens (tertiary/aromatic N) is 1. The van der Waals surface area contributed by atoms with Gasteiger partial charge in [-0.1, -0.05) is 0 Å². The minimum Gasteiger partial charge on any atom is -0.488 e. The largest absolute Gasteiger partial charge is 0.488 e. The lowest BCUT2D eigenvalue weighted by atomic mass is 10.3. The van der Waals surface area contributed by atoms with Crippen LogP contribution in [-0.4, -0.2) is 48.4 Å². The van der Waals surface area contributed by atoms with E-state index in [1.54, 1.807) is 20.9 Å². The third kappa shape index (κ3) is 5.95. The number of aliphatic hydroxyl groups excluding tert-OH is 1. The Morgan fingerprint density at radius 2 is 2.10 bits per heavy atom. The molecule has 5 nitrogen and oxygen atoms in total. The normalized spacial score (nSPS) is 13.4. The van der Waals surface area contributed by atoms with Crippen LogP contribution in [0.4, 0.5) is 13.6 Å². The minimum absolute atomic E-state index is 0.0385. The number of hydrogen-bond donors (Lipinski definition) is 2. The van der Waals surface area contributed by atoms with Crippen LogP contribution < -0.4 is 10.1 Å². The number of hydrogen-bond acceptors (Lipinski definition) is 3. The van der Waals surface area contributed by atoms with Crippen LogP contribution in [0.15, 0.2) is 18.2 Å². The first kappa shape index (κ1) is 17.2. The second kappa shape index (κ2) is 7.78. The zero-order chi connectivity index (χ0) is 16.0. The molecule has 1 rings (SSSR count). The number of benzene rings is 1. The van der Waals surface area contributed by atoms with Gasteiger partial charge in [0.2, 0.25) is 0 Å². The quantitative estimate of drug-likeness (QED) is 0.841. The molecule has 7 heteroatoms. The molecule has 2 unspecified atom stereocenters. The number of nitrogens with one attached hydrogen (secondary N) is 1. The third-order valence-electron chi connectivity index (χ3n) is 2.64. The van der Waals surface area contributed by atoms with E-state index < -0.39 is 17.7 Å². The molecule has 1 aromatic carbocycles. The minimum atomic E-state index is -0.792. The summed E-state index contributed by atoms with van der Waals surface area (Å²) in [4.78, 5) is 13.1. The fraction of sp³-hybridized carbons (Fsp3) is 0.500. The molecular formula is C14H20F2N2O3. The molecule has 0 radical (unpaired) electrons. The molecule has 21 heavy (non-hydrogen) atoms. The van der Waals surface area contributed by atoms with E-state index in [0.29, 0.717) is 0 Å². The molecule has 0 heterocycles. The molecule has 0 saturated carbocycles. The summed E-state index contributed by atoms with van der Waals surface area (Å²) in [5.74, 6) is -1.55. The van der Waals surface area contributed by atoms with Crippen molar-refractivity contribution in [3.05, 3.63) is 29.8 Å². The van der Waals surface area contributed by atoms with Gasteiger partial charge in [0.25, 0.3) is 0 Å². The highest BCUT2D eigenvalue weighted by atomic mass is 19.1. The lowest BCUT2D eigenvalue weighted by Gasteiger charge is -2.22. The summed E-state index contributed by atoms with van der Waals surface area (Å²) in [5, 5.41) is 11.8. The predicted molar refractivity (Wildman–Crippen MR) is 74.2 cm³/mol. The van der Waals surface area contributed by atoms with E-state index in [-0.39, 0.29) is 31.0 Å². The van der Waals surface area contributed by atoms with Gasteiger partial charge in [-0.2, -0.15) is 0 Å². The summed E-state index contributed by atoms with van der Waals surface area (Å²) >= 11 is 0. The first-order valence-electron chi connectivity index (χ1n) is 6.57. The van der Waals surface area contributed by atoms with Crippen LogP contribution >= 0.6 is 0 Å².